The average Bonchev–Trinajstić information content (AvgIpc) is 2.79. The highest BCUT2D eigenvalue weighted by Gasteiger charge is 2.39. The van der Waals surface area contributed by atoms with Crippen LogP contribution in [-0.4, -0.2) is 39.3 Å². The predicted octanol–water partition coefficient (Wildman–Crippen LogP) is 1.49. The van der Waals surface area contributed by atoms with E-state index in [0.29, 0.717) is 25.5 Å². The Morgan fingerprint density at radius 3 is 2.50 bits per heavy atom. The number of fused-ring (bicyclic) bond motifs is 1. The summed E-state index contributed by atoms with van der Waals surface area (Å²) in [4.78, 5) is 2.10. The van der Waals surface area contributed by atoms with Gasteiger partial charge in [-0.05, 0) is 24.9 Å². The third kappa shape index (κ3) is 3.29. The van der Waals surface area contributed by atoms with E-state index < -0.39 is 12.0 Å². The fourth-order valence-electron chi connectivity index (χ4n) is 2.17. The number of rotatable bonds is 4. The van der Waals surface area contributed by atoms with Gasteiger partial charge >= 0.3 is 6.18 Å². The second kappa shape index (κ2) is 5.33. The summed E-state index contributed by atoms with van der Waals surface area (Å²) < 4.78 is 39.3. The predicted molar refractivity (Wildman–Crippen MR) is 67.8 cm³/mol. The van der Waals surface area contributed by atoms with E-state index in [1.165, 1.54) is 4.57 Å². The number of halogens is 3. The van der Waals surface area contributed by atoms with E-state index in [-0.39, 0.29) is 12.0 Å². The maximum absolute atomic E-state index is 12.7. The molecule has 0 amide bonds. The van der Waals surface area contributed by atoms with Crippen LogP contribution in [0.1, 0.15) is 31.9 Å². The first-order valence-corrected chi connectivity index (χ1v) is 6.65. The minimum Gasteiger partial charge on any atom is -0.330 e. The number of nitrogens with two attached hydrogens (primary N) is 1. The van der Waals surface area contributed by atoms with Gasteiger partial charge in [-0.25, -0.2) is 0 Å². The van der Waals surface area contributed by atoms with Gasteiger partial charge < -0.3 is 10.3 Å². The zero-order valence-electron chi connectivity index (χ0n) is 11.7. The fourth-order valence-corrected chi connectivity index (χ4v) is 2.17. The summed E-state index contributed by atoms with van der Waals surface area (Å²) in [5.74, 6) is -0.511. The molecule has 0 saturated carbocycles. The van der Waals surface area contributed by atoms with Crippen molar-refractivity contribution in [3.63, 3.8) is 0 Å². The molecule has 20 heavy (non-hydrogen) atoms. The van der Waals surface area contributed by atoms with Crippen LogP contribution in [0.25, 0.3) is 0 Å². The van der Waals surface area contributed by atoms with Crippen LogP contribution in [0.2, 0.25) is 0 Å². The summed E-state index contributed by atoms with van der Waals surface area (Å²) in [5.41, 5.74) is 5.72. The summed E-state index contributed by atoms with van der Waals surface area (Å²) in [7, 11) is 0. The lowest BCUT2D eigenvalue weighted by Gasteiger charge is -2.31. The van der Waals surface area contributed by atoms with Gasteiger partial charge in [-0.1, -0.05) is 13.8 Å². The van der Waals surface area contributed by atoms with E-state index >= 15 is 0 Å². The molecule has 0 spiro atoms. The van der Waals surface area contributed by atoms with Gasteiger partial charge in [0.05, 0.1) is 6.54 Å². The second-order valence-corrected chi connectivity index (χ2v) is 5.98. The molecule has 0 atom stereocenters. The van der Waals surface area contributed by atoms with Crippen molar-refractivity contribution < 1.29 is 13.2 Å². The summed E-state index contributed by atoms with van der Waals surface area (Å²) >= 11 is 0. The number of aromatic nitrogens is 3. The van der Waals surface area contributed by atoms with Crippen molar-refractivity contribution in [2.75, 3.05) is 19.6 Å². The third-order valence-electron chi connectivity index (χ3n) is 3.74. The molecule has 0 unspecified atom stereocenters. The summed E-state index contributed by atoms with van der Waals surface area (Å²) in [6, 6.07) is 0. The minimum atomic E-state index is -4.44. The molecule has 1 aromatic rings. The molecule has 2 rings (SSSR count). The van der Waals surface area contributed by atoms with Crippen LogP contribution < -0.4 is 5.73 Å². The molecule has 2 N–H and O–H groups in total. The van der Waals surface area contributed by atoms with E-state index in [2.05, 4.69) is 28.9 Å². The fraction of sp³-hybridized carbons (Fsp3) is 0.833. The minimum absolute atomic E-state index is 0.0439. The molecule has 114 valence electrons. The molecule has 8 heteroatoms. The first-order valence-electron chi connectivity index (χ1n) is 6.65. The van der Waals surface area contributed by atoms with Gasteiger partial charge in [0.15, 0.2) is 0 Å². The van der Waals surface area contributed by atoms with Gasteiger partial charge in [-0.15, -0.1) is 10.2 Å². The largest absolute Gasteiger partial charge is 0.451 e. The molecule has 0 fully saturated rings. The summed E-state index contributed by atoms with van der Waals surface area (Å²) in [5, 5.41) is 6.93. The molecular formula is C12H20F3N5. The molecular weight excluding hydrogens is 271 g/mol. The van der Waals surface area contributed by atoms with E-state index in [9.17, 15) is 13.2 Å². The SMILES string of the molecule is CC(C)(CN)CCN1CCn2c(nnc2C(F)(F)F)C1. The highest BCUT2D eigenvalue weighted by atomic mass is 19.4. The number of hydrogen-bond donors (Lipinski definition) is 1. The first-order chi connectivity index (χ1) is 9.23. The molecule has 1 aliphatic rings. The summed E-state index contributed by atoms with van der Waals surface area (Å²) in [6.07, 6.45) is -3.53. The van der Waals surface area contributed by atoms with Gasteiger partial charge in [-0.3, -0.25) is 4.90 Å². The Morgan fingerprint density at radius 1 is 1.20 bits per heavy atom. The molecule has 0 bridgehead atoms. The summed E-state index contributed by atoms with van der Waals surface area (Å²) in [6.45, 7) is 6.83. The van der Waals surface area contributed by atoms with Crippen molar-refractivity contribution in [3.8, 4) is 0 Å². The zero-order chi connectivity index (χ0) is 15.0. The lowest BCUT2D eigenvalue weighted by Crippen LogP contribution is -2.38. The van der Waals surface area contributed by atoms with Crippen molar-refractivity contribution in [2.45, 2.75) is 39.5 Å². The molecule has 2 heterocycles. The van der Waals surface area contributed by atoms with Crippen LogP contribution in [0.4, 0.5) is 13.2 Å². The molecule has 0 radical (unpaired) electrons. The van der Waals surface area contributed by atoms with Gasteiger partial charge in [-0.2, -0.15) is 13.2 Å². The van der Waals surface area contributed by atoms with E-state index in [1.807, 2.05) is 0 Å². The highest BCUT2D eigenvalue weighted by Crippen LogP contribution is 2.29. The topological polar surface area (TPSA) is 60.0 Å². The smallest absolute Gasteiger partial charge is 0.330 e. The first kappa shape index (κ1) is 15.2. The Kier molecular flexibility index (Phi) is 4.06. The molecule has 0 aromatic carbocycles. The lowest BCUT2D eigenvalue weighted by molar-refractivity contribution is -0.148. The maximum Gasteiger partial charge on any atom is 0.451 e. The second-order valence-electron chi connectivity index (χ2n) is 5.98. The number of nitrogens with zero attached hydrogens (tertiary/aromatic N) is 4. The Bertz CT molecular complexity index is 466. The van der Waals surface area contributed by atoms with Crippen LogP contribution in [0.3, 0.4) is 0 Å². The number of hydrogen-bond acceptors (Lipinski definition) is 4. The average molecular weight is 291 g/mol. The Balaban J connectivity index is 2.01. The van der Waals surface area contributed by atoms with Crippen LogP contribution in [-0.2, 0) is 19.3 Å². The quantitative estimate of drug-likeness (QED) is 0.913. The molecule has 5 nitrogen and oxygen atoms in total. The van der Waals surface area contributed by atoms with Gasteiger partial charge in [0.2, 0.25) is 5.82 Å². The normalized spacial score (nSPS) is 17.3. The Morgan fingerprint density at radius 2 is 1.90 bits per heavy atom. The van der Waals surface area contributed by atoms with Crippen LogP contribution in [0, 0.1) is 5.41 Å². The standard InChI is InChI=1S/C12H20F3N5/c1-11(2,8-16)3-4-19-5-6-20-9(7-19)17-18-10(20)12(13,14)15/h3-8,16H2,1-2H3. The van der Waals surface area contributed by atoms with Crippen molar-refractivity contribution in [2.24, 2.45) is 11.1 Å². The number of alkyl halides is 3. The van der Waals surface area contributed by atoms with Crippen LogP contribution >= 0.6 is 0 Å². The molecule has 1 aromatic heterocycles. The van der Waals surface area contributed by atoms with E-state index in [0.717, 1.165) is 13.0 Å². The zero-order valence-corrected chi connectivity index (χ0v) is 11.7. The monoisotopic (exact) mass is 291 g/mol. The van der Waals surface area contributed by atoms with Crippen LogP contribution in [0.5, 0.6) is 0 Å². The van der Waals surface area contributed by atoms with Crippen LogP contribution in [0.15, 0.2) is 0 Å². The Labute approximate surface area is 115 Å². The van der Waals surface area contributed by atoms with Crippen molar-refractivity contribution in [3.05, 3.63) is 11.6 Å². The molecule has 0 saturated heterocycles. The molecule has 1 aliphatic heterocycles. The highest BCUT2D eigenvalue weighted by molar-refractivity contribution is 5.02. The van der Waals surface area contributed by atoms with Gasteiger partial charge in [0, 0.05) is 13.1 Å². The van der Waals surface area contributed by atoms with Gasteiger partial charge in [0.1, 0.15) is 5.82 Å². The van der Waals surface area contributed by atoms with E-state index in [1.54, 1.807) is 0 Å². The Hall–Kier alpha value is -1.15. The van der Waals surface area contributed by atoms with Crippen molar-refractivity contribution in [1.29, 1.82) is 0 Å². The van der Waals surface area contributed by atoms with Crippen molar-refractivity contribution >= 4 is 0 Å². The van der Waals surface area contributed by atoms with E-state index in [4.69, 9.17) is 5.73 Å². The maximum atomic E-state index is 12.7. The van der Waals surface area contributed by atoms with Gasteiger partial charge in [0.25, 0.3) is 0 Å². The third-order valence-corrected chi connectivity index (χ3v) is 3.74. The van der Waals surface area contributed by atoms with Crippen molar-refractivity contribution in [1.82, 2.24) is 19.7 Å². The lowest BCUT2D eigenvalue weighted by atomic mass is 9.89. The molecule has 0 aliphatic carbocycles.